The maximum atomic E-state index is 3.24. The van der Waals surface area contributed by atoms with Crippen LogP contribution in [-0.2, 0) is 0 Å². The van der Waals surface area contributed by atoms with Crippen LogP contribution < -0.4 is 5.32 Å². The molecule has 0 radical (unpaired) electrons. The molecular formula is C12H25N. The standard InChI is InChI=1S/C12H25N/c1-13-11-7-10-12-8-5-3-2-4-6-9-12/h12-13H,2-11H2,1H3. The van der Waals surface area contributed by atoms with E-state index in [-0.39, 0.29) is 0 Å². The fourth-order valence-electron chi connectivity index (χ4n) is 2.40. The van der Waals surface area contributed by atoms with Gasteiger partial charge in [-0.25, -0.2) is 0 Å². The first-order valence-corrected chi connectivity index (χ1v) is 6.08. The van der Waals surface area contributed by atoms with E-state index in [0.29, 0.717) is 0 Å². The zero-order valence-corrected chi connectivity index (χ0v) is 9.15. The molecule has 0 heterocycles. The summed E-state index contributed by atoms with van der Waals surface area (Å²) in [4.78, 5) is 0. The van der Waals surface area contributed by atoms with Gasteiger partial charge in [0.1, 0.15) is 0 Å². The average Bonchev–Trinajstić information content (AvgIpc) is 2.08. The molecule has 1 rings (SSSR count). The van der Waals surface area contributed by atoms with E-state index in [4.69, 9.17) is 0 Å². The molecule has 0 unspecified atom stereocenters. The van der Waals surface area contributed by atoms with Crippen molar-refractivity contribution >= 4 is 0 Å². The maximum Gasteiger partial charge on any atom is -0.00518 e. The highest BCUT2D eigenvalue weighted by molar-refractivity contribution is 4.64. The summed E-state index contributed by atoms with van der Waals surface area (Å²) in [5, 5.41) is 3.24. The van der Waals surface area contributed by atoms with Gasteiger partial charge in [0.05, 0.1) is 0 Å². The summed E-state index contributed by atoms with van der Waals surface area (Å²) in [5.41, 5.74) is 0. The lowest BCUT2D eigenvalue weighted by molar-refractivity contribution is 0.351. The topological polar surface area (TPSA) is 12.0 Å². The Morgan fingerprint density at radius 2 is 1.62 bits per heavy atom. The van der Waals surface area contributed by atoms with E-state index in [1.165, 1.54) is 64.3 Å². The number of nitrogens with one attached hydrogen (secondary N) is 1. The van der Waals surface area contributed by atoms with Gasteiger partial charge in [0.25, 0.3) is 0 Å². The van der Waals surface area contributed by atoms with E-state index in [9.17, 15) is 0 Å². The summed E-state index contributed by atoms with van der Waals surface area (Å²) in [7, 11) is 2.05. The molecule has 0 saturated heterocycles. The van der Waals surface area contributed by atoms with Crippen molar-refractivity contribution in [3.05, 3.63) is 0 Å². The second kappa shape index (κ2) is 7.37. The molecule has 0 amide bonds. The summed E-state index contributed by atoms with van der Waals surface area (Å²) in [6.07, 6.45) is 13.3. The molecule has 0 spiro atoms. The molecule has 1 heteroatoms. The molecule has 1 saturated carbocycles. The minimum atomic E-state index is 1.05. The minimum Gasteiger partial charge on any atom is -0.320 e. The molecule has 1 fully saturated rings. The Kier molecular flexibility index (Phi) is 6.26. The fraction of sp³-hybridized carbons (Fsp3) is 1.00. The van der Waals surface area contributed by atoms with E-state index in [1.54, 1.807) is 0 Å². The monoisotopic (exact) mass is 183 g/mol. The van der Waals surface area contributed by atoms with Crippen LogP contribution in [0.5, 0.6) is 0 Å². The van der Waals surface area contributed by atoms with Gasteiger partial charge in [-0.3, -0.25) is 0 Å². The molecule has 1 nitrogen and oxygen atoms in total. The van der Waals surface area contributed by atoms with Crippen LogP contribution in [0.2, 0.25) is 0 Å². The molecule has 78 valence electrons. The fourth-order valence-corrected chi connectivity index (χ4v) is 2.40. The Bertz CT molecular complexity index is 104. The van der Waals surface area contributed by atoms with Gasteiger partial charge in [0.15, 0.2) is 0 Å². The lowest BCUT2D eigenvalue weighted by Gasteiger charge is -2.19. The van der Waals surface area contributed by atoms with Crippen LogP contribution in [0.25, 0.3) is 0 Å². The van der Waals surface area contributed by atoms with E-state index >= 15 is 0 Å². The molecular weight excluding hydrogens is 158 g/mol. The quantitative estimate of drug-likeness (QED) is 0.659. The summed E-state index contributed by atoms with van der Waals surface area (Å²) in [6.45, 7) is 1.20. The van der Waals surface area contributed by atoms with Crippen molar-refractivity contribution in [2.45, 2.75) is 57.8 Å². The van der Waals surface area contributed by atoms with Crippen LogP contribution in [-0.4, -0.2) is 13.6 Å². The number of hydrogen-bond donors (Lipinski definition) is 1. The number of rotatable bonds is 4. The summed E-state index contributed by atoms with van der Waals surface area (Å²) in [6, 6.07) is 0. The Morgan fingerprint density at radius 3 is 2.23 bits per heavy atom. The third-order valence-electron chi connectivity index (χ3n) is 3.26. The summed E-state index contributed by atoms with van der Waals surface area (Å²) in [5.74, 6) is 1.05. The van der Waals surface area contributed by atoms with Crippen LogP contribution in [0.1, 0.15) is 57.8 Å². The van der Waals surface area contributed by atoms with Crippen molar-refractivity contribution in [2.75, 3.05) is 13.6 Å². The first kappa shape index (κ1) is 11.0. The SMILES string of the molecule is CNCCCC1CCCCCCC1. The third kappa shape index (κ3) is 5.30. The Morgan fingerprint density at radius 1 is 1.00 bits per heavy atom. The largest absolute Gasteiger partial charge is 0.320 e. The molecule has 1 aliphatic rings. The van der Waals surface area contributed by atoms with Crippen molar-refractivity contribution < 1.29 is 0 Å². The van der Waals surface area contributed by atoms with Crippen LogP contribution in [0.4, 0.5) is 0 Å². The molecule has 0 aromatic carbocycles. The van der Waals surface area contributed by atoms with Crippen LogP contribution >= 0.6 is 0 Å². The molecule has 1 N–H and O–H groups in total. The zero-order chi connectivity index (χ0) is 9.36. The van der Waals surface area contributed by atoms with Crippen molar-refractivity contribution in [1.29, 1.82) is 0 Å². The highest BCUT2D eigenvalue weighted by Gasteiger charge is 2.10. The van der Waals surface area contributed by atoms with Gasteiger partial charge in [0.2, 0.25) is 0 Å². The first-order valence-electron chi connectivity index (χ1n) is 6.08. The van der Waals surface area contributed by atoms with Gasteiger partial charge in [-0.15, -0.1) is 0 Å². The third-order valence-corrected chi connectivity index (χ3v) is 3.26. The van der Waals surface area contributed by atoms with Gasteiger partial charge < -0.3 is 5.32 Å². The van der Waals surface area contributed by atoms with Gasteiger partial charge in [-0.2, -0.15) is 0 Å². The predicted octanol–water partition coefficient (Wildman–Crippen LogP) is 3.35. The Labute approximate surface area is 83.3 Å². The molecule has 0 atom stereocenters. The zero-order valence-electron chi connectivity index (χ0n) is 9.15. The normalized spacial score (nSPS) is 21.0. The van der Waals surface area contributed by atoms with Gasteiger partial charge >= 0.3 is 0 Å². The van der Waals surface area contributed by atoms with E-state index in [2.05, 4.69) is 12.4 Å². The van der Waals surface area contributed by atoms with Crippen molar-refractivity contribution in [2.24, 2.45) is 5.92 Å². The van der Waals surface area contributed by atoms with Crippen LogP contribution in [0, 0.1) is 5.92 Å². The summed E-state index contributed by atoms with van der Waals surface area (Å²) < 4.78 is 0. The van der Waals surface area contributed by atoms with Crippen molar-refractivity contribution in [1.82, 2.24) is 5.32 Å². The lowest BCUT2D eigenvalue weighted by atomic mass is 9.88. The molecule has 13 heavy (non-hydrogen) atoms. The van der Waals surface area contributed by atoms with Crippen LogP contribution in [0.3, 0.4) is 0 Å². The highest BCUT2D eigenvalue weighted by atomic mass is 14.8. The molecule has 0 bridgehead atoms. The second-order valence-corrected chi connectivity index (χ2v) is 4.46. The Balaban J connectivity index is 2.06. The first-order chi connectivity index (χ1) is 6.43. The van der Waals surface area contributed by atoms with Gasteiger partial charge in [-0.1, -0.05) is 44.9 Å². The van der Waals surface area contributed by atoms with Gasteiger partial charge in [-0.05, 0) is 32.4 Å². The maximum absolute atomic E-state index is 3.24. The van der Waals surface area contributed by atoms with E-state index in [0.717, 1.165) is 5.92 Å². The summed E-state index contributed by atoms with van der Waals surface area (Å²) >= 11 is 0. The molecule has 1 aliphatic carbocycles. The van der Waals surface area contributed by atoms with Crippen LogP contribution in [0.15, 0.2) is 0 Å². The lowest BCUT2D eigenvalue weighted by Crippen LogP contribution is -2.11. The predicted molar refractivity (Wildman–Crippen MR) is 59.0 cm³/mol. The minimum absolute atomic E-state index is 1.05. The molecule has 0 aliphatic heterocycles. The highest BCUT2D eigenvalue weighted by Crippen LogP contribution is 2.25. The van der Waals surface area contributed by atoms with E-state index in [1.807, 2.05) is 0 Å². The van der Waals surface area contributed by atoms with Crippen molar-refractivity contribution in [3.8, 4) is 0 Å². The smallest absolute Gasteiger partial charge is 0.00518 e. The molecule has 0 aromatic heterocycles. The van der Waals surface area contributed by atoms with Crippen molar-refractivity contribution in [3.63, 3.8) is 0 Å². The second-order valence-electron chi connectivity index (χ2n) is 4.46. The molecule has 0 aromatic rings. The average molecular weight is 183 g/mol. The number of hydrogen-bond acceptors (Lipinski definition) is 1. The van der Waals surface area contributed by atoms with Gasteiger partial charge in [0, 0.05) is 0 Å². The van der Waals surface area contributed by atoms with E-state index < -0.39 is 0 Å². The Hall–Kier alpha value is -0.0400.